The lowest BCUT2D eigenvalue weighted by molar-refractivity contribution is 0.790. The molecular formula is C15H12N2. The van der Waals surface area contributed by atoms with Crippen LogP contribution in [0.4, 0.5) is 0 Å². The van der Waals surface area contributed by atoms with Crippen molar-refractivity contribution in [3.63, 3.8) is 0 Å². The molecule has 1 aliphatic rings. The SMILES string of the molecule is N#CC1CC1(c1ccccc1)c1cccnc1. The molecule has 0 amide bonds. The quantitative estimate of drug-likeness (QED) is 0.780. The number of hydrogen-bond acceptors (Lipinski definition) is 2. The van der Waals surface area contributed by atoms with Crippen molar-refractivity contribution in [2.24, 2.45) is 5.92 Å². The topological polar surface area (TPSA) is 36.7 Å². The standard InChI is InChI=1S/C15H12N2/c16-10-14-9-15(14,12-5-2-1-3-6-12)13-7-4-8-17-11-13/h1-8,11,14H,9H2. The highest BCUT2D eigenvalue weighted by atomic mass is 14.7. The minimum absolute atomic E-state index is 0.0779. The Kier molecular flexibility index (Phi) is 2.19. The average Bonchev–Trinajstić information content (AvgIpc) is 3.17. The van der Waals surface area contributed by atoms with Gasteiger partial charge in [-0.05, 0) is 23.6 Å². The molecule has 1 aliphatic carbocycles. The fourth-order valence-electron chi connectivity index (χ4n) is 2.59. The molecule has 2 nitrogen and oxygen atoms in total. The molecule has 0 saturated heterocycles. The van der Waals surface area contributed by atoms with E-state index in [0.29, 0.717) is 0 Å². The van der Waals surface area contributed by atoms with Crippen molar-refractivity contribution in [2.75, 3.05) is 0 Å². The lowest BCUT2D eigenvalue weighted by Crippen LogP contribution is -2.11. The van der Waals surface area contributed by atoms with Crippen molar-refractivity contribution in [1.82, 2.24) is 4.98 Å². The first-order valence-corrected chi connectivity index (χ1v) is 5.73. The van der Waals surface area contributed by atoms with Gasteiger partial charge in [-0.1, -0.05) is 36.4 Å². The summed E-state index contributed by atoms with van der Waals surface area (Å²) in [4.78, 5) is 4.18. The molecule has 0 N–H and O–H groups in total. The van der Waals surface area contributed by atoms with Gasteiger partial charge in [-0.2, -0.15) is 5.26 Å². The van der Waals surface area contributed by atoms with Gasteiger partial charge in [0.05, 0.1) is 12.0 Å². The molecule has 1 fully saturated rings. The van der Waals surface area contributed by atoms with Crippen molar-refractivity contribution in [2.45, 2.75) is 11.8 Å². The number of pyridine rings is 1. The Morgan fingerprint density at radius 3 is 2.47 bits per heavy atom. The van der Waals surface area contributed by atoms with Gasteiger partial charge in [0.15, 0.2) is 0 Å². The number of benzene rings is 1. The van der Waals surface area contributed by atoms with E-state index in [-0.39, 0.29) is 11.3 Å². The van der Waals surface area contributed by atoms with Crippen molar-refractivity contribution in [3.8, 4) is 6.07 Å². The maximum Gasteiger partial charge on any atom is 0.0669 e. The first kappa shape index (κ1) is 10.0. The monoisotopic (exact) mass is 220 g/mol. The Morgan fingerprint density at radius 2 is 1.88 bits per heavy atom. The predicted molar refractivity (Wildman–Crippen MR) is 65.2 cm³/mol. The molecule has 3 rings (SSSR count). The zero-order chi connectivity index (χ0) is 11.7. The number of aromatic nitrogens is 1. The predicted octanol–water partition coefficient (Wildman–Crippen LogP) is 2.91. The molecule has 82 valence electrons. The second-order valence-electron chi connectivity index (χ2n) is 4.46. The first-order chi connectivity index (χ1) is 8.38. The van der Waals surface area contributed by atoms with E-state index in [1.165, 1.54) is 5.56 Å². The summed E-state index contributed by atoms with van der Waals surface area (Å²) >= 11 is 0. The summed E-state index contributed by atoms with van der Waals surface area (Å²) in [7, 11) is 0. The summed E-state index contributed by atoms with van der Waals surface area (Å²) in [5, 5.41) is 9.19. The van der Waals surface area contributed by atoms with Crippen LogP contribution in [-0.2, 0) is 5.41 Å². The molecule has 1 aromatic heterocycles. The van der Waals surface area contributed by atoms with Crippen LogP contribution in [0.25, 0.3) is 0 Å². The third-order valence-electron chi connectivity index (χ3n) is 3.58. The fraction of sp³-hybridized carbons (Fsp3) is 0.200. The number of rotatable bonds is 2. The van der Waals surface area contributed by atoms with E-state index in [2.05, 4.69) is 29.3 Å². The average molecular weight is 220 g/mol. The smallest absolute Gasteiger partial charge is 0.0669 e. The molecule has 0 bridgehead atoms. The van der Waals surface area contributed by atoms with Crippen LogP contribution in [0.2, 0.25) is 0 Å². The van der Waals surface area contributed by atoms with Gasteiger partial charge in [0.2, 0.25) is 0 Å². The van der Waals surface area contributed by atoms with Crippen LogP contribution >= 0.6 is 0 Å². The van der Waals surface area contributed by atoms with E-state index < -0.39 is 0 Å². The number of nitriles is 1. The van der Waals surface area contributed by atoms with Gasteiger partial charge in [-0.15, -0.1) is 0 Å². The number of hydrogen-bond donors (Lipinski definition) is 0. The van der Waals surface area contributed by atoms with Gasteiger partial charge in [0.1, 0.15) is 0 Å². The van der Waals surface area contributed by atoms with Crippen molar-refractivity contribution in [1.29, 1.82) is 5.26 Å². The Morgan fingerprint density at radius 1 is 1.12 bits per heavy atom. The summed E-state index contributed by atoms with van der Waals surface area (Å²) in [5.74, 6) is 0.0779. The second-order valence-corrected chi connectivity index (χ2v) is 4.46. The second kappa shape index (κ2) is 3.71. The molecule has 0 aliphatic heterocycles. The molecule has 0 radical (unpaired) electrons. The molecular weight excluding hydrogens is 208 g/mol. The van der Waals surface area contributed by atoms with E-state index in [0.717, 1.165) is 12.0 Å². The molecule has 1 heterocycles. The largest absolute Gasteiger partial charge is 0.264 e. The molecule has 0 spiro atoms. The molecule has 2 heteroatoms. The van der Waals surface area contributed by atoms with Gasteiger partial charge in [0, 0.05) is 17.8 Å². The minimum atomic E-state index is -0.121. The molecule has 17 heavy (non-hydrogen) atoms. The Balaban J connectivity index is 2.12. The lowest BCUT2D eigenvalue weighted by atomic mass is 9.87. The van der Waals surface area contributed by atoms with Crippen LogP contribution < -0.4 is 0 Å². The van der Waals surface area contributed by atoms with E-state index >= 15 is 0 Å². The van der Waals surface area contributed by atoms with Gasteiger partial charge < -0.3 is 0 Å². The van der Waals surface area contributed by atoms with E-state index in [1.807, 2.05) is 30.5 Å². The maximum atomic E-state index is 9.19. The summed E-state index contributed by atoms with van der Waals surface area (Å²) in [6, 6.07) is 16.7. The summed E-state index contributed by atoms with van der Waals surface area (Å²) in [6.45, 7) is 0. The molecule has 1 saturated carbocycles. The van der Waals surface area contributed by atoms with Gasteiger partial charge in [0.25, 0.3) is 0 Å². The van der Waals surface area contributed by atoms with Crippen LogP contribution in [0, 0.1) is 17.2 Å². The molecule has 2 unspecified atom stereocenters. The van der Waals surface area contributed by atoms with Crippen LogP contribution in [0.15, 0.2) is 54.9 Å². The van der Waals surface area contributed by atoms with E-state index in [9.17, 15) is 5.26 Å². The fourth-order valence-corrected chi connectivity index (χ4v) is 2.59. The highest BCUT2D eigenvalue weighted by Crippen LogP contribution is 2.58. The maximum absolute atomic E-state index is 9.19. The van der Waals surface area contributed by atoms with Gasteiger partial charge in [-0.3, -0.25) is 4.98 Å². The molecule has 2 aromatic rings. The highest BCUT2D eigenvalue weighted by molar-refractivity contribution is 5.48. The molecule has 1 aromatic carbocycles. The van der Waals surface area contributed by atoms with E-state index in [1.54, 1.807) is 6.20 Å². The summed E-state index contributed by atoms with van der Waals surface area (Å²) in [5.41, 5.74) is 2.25. The van der Waals surface area contributed by atoms with Gasteiger partial charge in [-0.25, -0.2) is 0 Å². The van der Waals surface area contributed by atoms with Crippen LogP contribution in [0.3, 0.4) is 0 Å². The zero-order valence-corrected chi connectivity index (χ0v) is 9.38. The lowest BCUT2D eigenvalue weighted by Gasteiger charge is -2.16. The first-order valence-electron chi connectivity index (χ1n) is 5.73. The third-order valence-corrected chi connectivity index (χ3v) is 3.58. The third kappa shape index (κ3) is 1.43. The van der Waals surface area contributed by atoms with Crippen LogP contribution in [-0.4, -0.2) is 4.98 Å². The molecule has 2 atom stereocenters. The van der Waals surface area contributed by atoms with Crippen LogP contribution in [0.5, 0.6) is 0 Å². The highest BCUT2D eigenvalue weighted by Gasteiger charge is 2.57. The minimum Gasteiger partial charge on any atom is -0.264 e. The van der Waals surface area contributed by atoms with Crippen LogP contribution in [0.1, 0.15) is 17.5 Å². The number of nitrogens with zero attached hydrogens (tertiary/aromatic N) is 2. The zero-order valence-electron chi connectivity index (χ0n) is 9.38. The van der Waals surface area contributed by atoms with Crippen molar-refractivity contribution < 1.29 is 0 Å². The van der Waals surface area contributed by atoms with Crippen molar-refractivity contribution >= 4 is 0 Å². The summed E-state index contributed by atoms with van der Waals surface area (Å²) < 4.78 is 0. The normalized spacial score (nSPS) is 26.2. The Labute approximate surface area is 101 Å². The van der Waals surface area contributed by atoms with Crippen molar-refractivity contribution in [3.05, 3.63) is 66.0 Å². The Hall–Kier alpha value is -2.14. The van der Waals surface area contributed by atoms with E-state index in [4.69, 9.17) is 0 Å². The van der Waals surface area contributed by atoms with Gasteiger partial charge >= 0.3 is 0 Å². The summed E-state index contributed by atoms with van der Waals surface area (Å²) in [6.07, 6.45) is 4.55. The Bertz CT molecular complexity index is 515.